The molecule has 1 N–H and O–H groups in total. The molecule has 0 aliphatic rings. The quantitative estimate of drug-likeness (QED) is 0.0963. The predicted octanol–water partition coefficient (Wildman–Crippen LogP) is 6.81. The zero-order valence-electron chi connectivity index (χ0n) is 21.4. The van der Waals surface area contributed by atoms with Crippen LogP contribution < -0.4 is 5.32 Å². The lowest BCUT2D eigenvalue weighted by Gasteiger charge is -2.32. The maximum Gasteiger partial charge on any atom is 0.426 e. The van der Waals surface area contributed by atoms with Crippen molar-refractivity contribution in [3.8, 4) is 11.6 Å². The predicted molar refractivity (Wildman–Crippen MR) is 134 cm³/mol. The molecular weight excluding hydrogens is 558 g/mol. The zero-order chi connectivity index (χ0) is 30.3. The van der Waals surface area contributed by atoms with Gasteiger partial charge in [-0.25, -0.2) is 4.98 Å². The fourth-order valence-corrected chi connectivity index (χ4v) is 3.78. The van der Waals surface area contributed by atoms with Crippen molar-refractivity contribution in [3.05, 3.63) is 84.4 Å². The average Bonchev–Trinajstić information content (AvgIpc) is 3.41. The highest BCUT2D eigenvalue weighted by molar-refractivity contribution is 5.97. The minimum Gasteiger partial charge on any atom is -0.416 e. The molecule has 0 aliphatic carbocycles. The molecule has 8 nitrogen and oxygen atoms in total. The number of benzene rings is 1. The largest absolute Gasteiger partial charge is 0.426 e. The van der Waals surface area contributed by atoms with Crippen molar-refractivity contribution in [2.75, 3.05) is 5.32 Å². The van der Waals surface area contributed by atoms with Gasteiger partial charge in [0.05, 0.1) is 17.9 Å². The number of ketones is 1. The number of allylic oxidation sites excluding steroid dienone is 2. The Morgan fingerprint density at radius 2 is 1.71 bits per heavy atom. The summed E-state index contributed by atoms with van der Waals surface area (Å²) < 4.78 is 96.0. The molecule has 3 rings (SSSR count). The van der Waals surface area contributed by atoms with Gasteiger partial charge in [0.2, 0.25) is 12.0 Å². The Labute approximate surface area is 230 Å². The van der Waals surface area contributed by atoms with Crippen LogP contribution in [-0.4, -0.2) is 33.6 Å². The van der Waals surface area contributed by atoms with Crippen molar-refractivity contribution in [1.29, 1.82) is 0 Å². The number of amides is 1. The first-order chi connectivity index (χ1) is 19.4. The number of ether oxygens (including phenoxy) is 1. The molecule has 14 heteroatoms. The number of anilines is 1. The minimum absolute atomic E-state index is 0.0181. The standard InChI is InChI=1S/C27H24F6N4O4/c1-3-5-12-20(39)21-18(26(28,29)30)14-19(34-16-38)22(35-21)23-36-37-24(41-23)25(13-6-4-2,27(31,32)33)40-15-17-10-8-7-9-11-17/h3-4,7-11,14,16H,1-2,5-6,12-13,15H2,(H,34,38). The van der Waals surface area contributed by atoms with Crippen LogP contribution in [0.3, 0.4) is 0 Å². The maximum absolute atomic E-state index is 14.6. The van der Waals surface area contributed by atoms with Crippen LogP contribution in [0.15, 0.2) is 66.1 Å². The van der Waals surface area contributed by atoms with E-state index in [4.69, 9.17) is 9.15 Å². The van der Waals surface area contributed by atoms with Gasteiger partial charge >= 0.3 is 12.4 Å². The molecule has 0 radical (unpaired) electrons. The molecule has 0 fully saturated rings. The van der Waals surface area contributed by atoms with Gasteiger partial charge in [0, 0.05) is 6.42 Å². The van der Waals surface area contributed by atoms with Gasteiger partial charge in [0.15, 0.2) is 11.5 Å². The summed E-state index contributed by atoms with van der Waals surface area (Å²) in [5, 5.41) is 9.09. The summed E-state index contributed by atoms with van der Waals surface area (Å²) in [6, 6.07) is 8.39. The number of carbonyl (C=O) groups excluding carboxylic acids is 2. The average molecular weight is 583 g/mol. The van der Waals surface area contributed by atoms with Gasteiger partial charge < -0.3 is 14.5 Å². The van der Waals surface area contributed by atoms with Crippen molar-refractivity contribution >= 4 is 17.9 Å². The highest BCUT2D eigenvalue weighted by atomic mass is 19.4. The van der Waals surface area contributed by atoms with E-state index < -0.39 is 71.2 Å². The van der Waals surface area contributed by atoms with Crippen LogP contribution in [-0.2, 0) is 27.9 Å². The molecule has 0 aliphatic heterocycles. The third-order valence-corrected chi connectivity index (χ3v) is 5.84. The number of hydrogen-bond donors (Lipinski definition) is 1. The van der Waals surface area contributed by atoms with Crippen LogP contribution in [0, 0.1) is 0 Å². The van der Waals surface area contributed by atoms with E-state index in [0.717, 1.165) is 0 Å². The fourth-order valence-electron chi connectivity index (χ4n) is 3.78. The SMILES string of the molecule is C=CCCC(=O)c1nc(-c2nnc(C(CCC=C)(OCc3ccccc3)C(F)(F)F)o2)c(NC=O)cc1C(F)(F)F. The monoisotopic (exact) mass is 582 g/mol. The lowest BCUT2D eigenvalue weighted by molar-refractivity contribution is -0.299. The fraction of sp³-hybridized carbons (Fsp3) is 0.296. The van der Waals surface area contributed by atoms with Gasteiger partial charge in [0.1, 0.15) is 5.69 Å². The van der Waals surface area contributed by atoms with E-state index >= 15 is 0 Å². The smallest absolute Gasteiger partial charge is 0.416 e. The van der Waals surface area contributed by atoms with Gasteiger partial charge in [-0.3, -0.25) is 9.59 Å². The summed E-state index contributed by atoms with van der Waals surface area (Å²) in [4.78, 5) is 27.5. The molecule has 41 heavy (non-hydrogen) atoms. The second kappa shape index (κ2) is 12.9. The Morgan fingerprint density at radius 3 is 2.29 bits per heavy atom. The van der Waals surface area contributed by atoms with E-state index in [1.54, 1.807) is 30.3 Å². The summed E-state index contributed by atoms with van der Waals surface area (Å²) in [6.07, 6.45) is -8.87. The first-order valence-corrected chi connectivity index (χ1v) is 12.0. The summed E-state index contributed by atoms with van der Waals surface area (Å²) >= 11 is 0. The lowest BCUT2D eigenvalue weighted by atomic mass is 9.96. The number of Topliss-reactive ketones (excluding diaryl/α,β-unsaturated/α-hetero) is 1. The van der Waals surface area contributed by atoms with Crippen LogP contribution in [0.4, 0.5) is 32.0 Å². The molecule has 0 bridgehead atoms. The highest BCUT2D eigenvalue weighted by Crippen LogP contribution is 2.47. The van der Waals surface area contributed by atoms with Crippen molar-refractivity contribution in [2.24, 2.45) is 0 Å². The molecule has 3 aromatic rings. The van der Waals surface area contributed by atoms with Crippen molar-refractivity contribution < 1.29 is 45.1 Å². The molecule has 0 spiro atoms. The maximum atomic E-state index is 14.6. The Hall–Kier alpha value is -4.33. The van der Waals surface area contributed by atoms with E-state index in [0.29, 0.717) is 11.6 Å². The second-order valence-electron chi connectivity index (χ2n) is 8.63. The molecule has 2 aromatic heterocycles. The number of hydrogen-bond acceptors (Lipinski definition) is 7. The Balaban J connectivity index is 2.19. The van der Waals surface area contributed by atoms with Crippen molar-refractivity contribution in [3.63, 3.8) is 0 Å². The number of halogens is 6. The van der Waals surface area contributed by atoms with Gasteiger partial charge in [-0.1, -0.05) is 42.5 Å². The molecule has 1 aromatic carbocycles. The number of carbonyl (C=O) groups is 2. The van der Waals surface area contributed by atoms with Crippen molar-refractivity contribution in [2.45, 2.75) is 50.2 Å². The van der Waals surface area contributed by atoms with Crippen LogP contribution in [0.5, 0.6) is 0 Å². The number of nitrogens with zero attached hydrogens (tertiary/aromatic N) is 3. The molecule has 218 valence electrons. The molecule has 2 heterocycles. The summed E-state index contributed by atoms with van der Waals surface area (Å²) in [7, 11) is 0. The van der Waals surface area contributed by atoms with E-state index in [9.17, 15) is 35.9 Å². The first kappa shape index (κ1) is 31.2. The third-order valence-electron chi connectivity index (χ3n) is 5.84. The topological polar surface area (TPSA) is 107 Å². The number of nitrogens with one attached hydrogen (secondary N) is 1. The van der Waals surface area contributed by atoms with Crippen LogP contribution in [0.25, 0.3) is 11.6 Å². The molecule has 0 saturated heterocycles. The lowest BCUT2D eigenvalue weighted by Crippen LogP contribution is -2.45. The molecule has 1 amide bonds. The molecule has 1 atom stereocenters. The minimum atomic E-state index is -5.10. The first-order valence-electron chi connectivity index (χ1n) is 12.0. The number of alkyl halides is 6. The normalized spacial score (nSPS) is 13.3. The molecule has 0 saturated carbocycles. The summed E-state index contributed by atoms with van der Waals surface area (Å²) in [6.45, 7) is 6.36. The van der Waals surface area contributed by atoms with E-state index in [2.05, 4.69) is 28.3 Å². The van der Waals surface area contributed by atoms with Crippen molar-refractivity contribution in [1.82, 2.24) is 15.2 Å². The van der Waals surface area contributed by atoms with E-state index in [1.807, 2.05) is 5.32 Å². The number of pyridine rings is 1. The number of rotatable bonds is 14. The van der Waals surface area contributed by atoms with E-state index in [-0.39, 0.29) is 25.7 Å². The van der Waals surface area contributed by atoms with Crippen LogP contribution in [0.1, 0.15) is 53.2 Å². The van der Waals surface area contributed by atoms with Gasteiger partial charge in [-0.05, 0) is 30.9 Å². The zero-order valence-corrected chi connectivity index (χ0v) is 21.4. The van der Waals surface area contributed by atoms with Gasteiger partial charge in [-0.2, -0.15) is 26.3 Å². The number of aromatic nitrogens is 3. The van der Waals surface area contributed by atoms with Gasteiger partial charge in [0.25, 0.3) is 11.8 Å². The van der Waals surface area contributed by atoms with Gasteiger partial charge in [-0.15, -0.1) is 23.4 Å². The Kier molecular flexibility index (Phi) is 9.81. The summed E-state index contributed by atoms with van der Waals surface area (Å²) in [5.41, 5.74) is -6.52. The van der Waals surface area contributed by atoms with E-state index in [1.165, 1.54) is 12.2 Å². The molecule has 1 unspecified atom stereocenters. The third kappa shape index (κ3) is 7.06. The van der Waals surface area contributed by atoms with Crippen LogP contribution in [0.2, 0.25) is 0 Å². The van der Waals surface area contributed by atoms with Crippen LogP contribution >= 0.6 is 0 Å². The Morgan fingerprint density at radius 1 is 1.02 bits per heavy atom. The highest BCUT2D eigenvalue weighted by Gasteiger charge is 2.61. The second-order valence-corrected chi connectivity index (χ2v) is 8.63. The molecular formula is C27H24F6N4O4. The Bertz CT molecular complexity index is 1390. The summed E-state index contributed by atoms with van der Waals surface area (Å²) in [5.74, 6) is -2.87.